The molecular weight excluding hydrogens is 170 g/mol. The van der Waals surface area contributed by atoms with Crippen LogP contribution in [0.3, 0.4) is 0 Å². The Kier molecular flexibility index (Phi) is 5.06. The lowest BCUT2D eigenvalue weighted by atomic mass is 10.3. The summed E-state index contributed by atoms with van der Waals surface area (Å²) in [6.07, 6.45) is 1.72. The second-order valence-electron chi connectivity index (χ2n) is 1.42. The molecule has 0 aliphatic rings. The molecule has 0 rings (SSSR count). The molecule has 0 unspecified atom stereocenters. The van der Waals surface area contributed by atoms with Gasteiger partial charge in [0.15, 0.2) is 5.90 Å². The number of hydrogen-bond donors (Lipinski definition) is 1. The van der Waals surface area contributed by atoms with E-state index in [1.807, 2.05) is 0 Å². The van der Waals surface area contributed by atoms with Crippen LogP contribution in [0.5, 0.6) is 0 Å². The second-order valence-corrected chi connectivity index (χ2v) is 2.21. The normalized spacial score (nSPS) is 8.75. The number of methoxy groups -OCH3 is 1. The first-order valence-corrected chi connectivity index (χ1v) is 3.60. The molecule has 0 heterocycles. The van der Waals surface area contributed by atoms with Gasteiger partial charge in [-0.05, 0) is 6.42 Å². The molecule has 0 spiro atoms. The molecule has 2 nitrogen and oxygen atoms in total. The van der Waals surface area contributed by atoms with Gasteiger partial charge in [-0.2, -0.15) is 0 Å². The molecule has 0 saturated carbocycles. The Morgan fingerprint density at radius 1 is 1.75 bits per heavy atom. The minimum Gasteiger partial charge on any atom is -0.484 e. The molecule has 8 heavy (non-hydrogen) atoms. The summed E-state index contributed by atoms with van der Waals surface area (Å²) in [5.74, 6) is 0.365. The SMILES string of the molecule is COC(=N)CCCBr. The Morgan fingerprint density at radius 3 is 2.75 bits per heavy atom. The highest BCUT2D eigenvalue weighted by Crippen LogP contribution is 1.94. The van der Waals surface area contributed by atoms with E-state index in [-0.39, 0.29) is 0 Å². The first kappa shape index (κ1) is 7.95. The average molecular weight is 180 g/mol. The van der Waals surface area contributed by atoms with E-state index in [1.54, 1.807) is 0 Å². The number of alkyl halides is 1. The number of rotatable bonds is 3. The Balaban J connectivity index is 2.99. The molecule has 0 aromatic carbocycles. The summed E-state index contributed by atoms with van der Waals surface area (Å²) in [4.78, 5) is 0. The summed E-state index contributed by atoms with van der Waals surface area (Å²) in [6.45, 7) is 0. The third-order valence-electron chi connectivity index (χ3n) is 0.784. The van der Waals surface area contributed by atoms with Crippen LogP contribution >= 0.6 is 15.9 Å². The van der Waals surface area contributed by atoms with Crippen LogP contribution in [0.15, 0.2) is 0 Å². The van der Waals surface area contributed by atoms with Crippen molar-refractivity contribution in [2.45, 2.75) is 12.8 Å². The number of nitrogens with one attached hydrogen (secondary N) is 1. The molecule has 0 aliphatic heterocycles. The van der Waals surface area contributed by atoms with Crippen molar-refractivity contribution >= 4 is 21.8 Å². The van der Waals surface area contributed by atoms with Gasteiger partial charge in [0, 0.05) is 11.8 Å². The summed E-state index contributed by atoms with van der Waals surface area (Å²) in [6, 6.07) is 0. The van der Waals surface area contributed by atoms with E-state index >= 15 is 0 Å². The van der Waals surface area contributed by atoms with Crippen molar-refractivity contribution < 1.29 is 4.74 Å². The lowest BCUT2D eigenvalue weighted by molar-refractivity contribution is 0.385. The van der Waals surface area contributed by atoms with Crippen LogP contribution in [-0.4, -0.2) is 18.3 Å². The summed E-state index contributed by atoms with van der Waals surface area (Å²) in [5.41, 5.74) is 0. The monoisotopic (exact) mass is 179 g/mol. The van der Waals surface area contributed by atoms with Gasteiger partial charge in [-0.25, -0.2) is 0 Å². The fourth-order valence-corrected chi connectivity index (χ4v) is 0.610. The Bertz CT molecular complexity index is 74.8. The molecule has 0 radical (unpaired) electrons. The van der Waals surface area contributed by atoms with Crippen LogP contribution in [0.4, 0.5) is 0 Å². The lowest BCUT2D eigenvalue weighted by Gasteiger charge is -1.97. The van der Waals surface area contributed by atoms with Crippen molar-refractivity contribution in [2.75, 3.05) is 12.4 Å². The van der Waals surface area contributed by atoms with Crippen LogP contribution in [0.2, 0.25) is 0 Å². The Morgan fingerprint density at radius 2 is 2.38 bits per heavy atom. The molecule has 48 valence electrons. The van der Waals surface area contributed by atoms with E-state index in [4.69, 9.17) is 5.41 Å². The second kappa shape index (κ2) is 5.09. The van der Waals surface area contributed by atoms with Crippen molar-refractivity contribution in [2.24, 2.45) is 0 Å². The molecular formula is C5H10BrNO. The molecule has 0 amide bonds. The van der Waals surface area contributed by atoms with Crippen LogP contribution in [0.25, 0.3) is 0 Å². The molecule has 1 N–H and O–H groups in total. The molecule has 0 bridgehead atoms. The molecule has 0 aromatic rings. The molecule has 3 heteroatoms. The maximum atomic E-state index is 7.00. The topological polar surface area (TPSA) is 33.1 Å². The van der Waals surface area contributed by atoms with Gasteiger partial charge in [-0.1, -0.05) is 15.9 Å². The van der Waals surface area contributed by atoms with Gasteiger partial charge in [0.05, 0.1) is 7.11 Å². The van der Waals surface area contributed by atoms with Crippen molar-refractivity contribution in [3.8, 4) is 0 Å². The standard InChI is InChI=1S/C5H10BrNO/c1-8-5(7)3-2-4-6/h7H,2-4H2,1H3. The third-order valence-corrected chi connectivity index (χ3v) is 1.34. The fraction of sp³-hybridized carbons (Fsp3) is 0.800. The van der Waals surface area contributed by atoms with Gasteiger partial charge < -0.3 is 4.74 Å². The smallest absolute Gasteiger partial charge is 0.180 e. The zero-order chi connectivity index (χ0) is 6.41. The largest absolute Gasteiger partial charge is 0.484 e. The van der Waals surface area contributed by atoms with Crippen molar-refractivity contribution in [3.05, 3.63) is 0 Å². The first-order valence-electron chi connectivity index (χ1n) is 2.48. The van der Waals surface area contributed by atoms with Gasteiger partial charge in [0.2, 0.25) is 0 Å². The highest BCUT2D eigenvalue weighted by atomic mass is 79.9. The lowest BCUT2D eigenvalue weighted by Crippen LogP contribution is -1.97. The van der Waals surface area contributed by atoms with E-state index in [2.05, 4.69) is 20.7 Å². The minimum absolute atomic E-state index is 0.365. The Hall–Kier alpha value is -0.0500. The molecule has 0 saturated heterocycles. The van der Waals surface area contributed by atoms with Crippen molar-refractivity contribution in [1.82, 2.24) is 0 Å². The third kappa shape index (κ3) is 4.12. The zero-order valence-corrected chi connectivity index (χ0v) is 6.49. The molecule has 0 fully saturated rings. The van der Waals surface area contributed by atoms with Crippen LogP contribution in [0, 0.1) is 5.41 Å². The number of ether oxygens (including phenoxy) is 1. The number of halogens is 1. The van der Waals surface area contributed by atoms with Gasteiger partial charge in [-0.15, -0.1) is 0 Å². The highest BCUT2D eigenvalue weighted by Gasteiger charge is 1.90. The Labute approximate surface area is 57.9 Å². The highest BCUT2D eigenvalue weighted by molar-refractivity contribution is 9.09. The van der Waals surface area contributed by atoms with Gasteiger partial charge in [0.25, 0.3) is 0 Å². The van der Waals surface area contributed by atoms with E-state index in [1.165, 1.54) is 7.11 Å². The average Bonchev–Trinajstić information content (AvgIpc) is 1.83. The van der Waals surface area contributed by atoms with E-state index in [0.29, 0.717) is 5.90 Å². The first-order chi connectivity index (χ1) is 3.81. The predicted octanol–water partition coefficient (Wildman–Crippen LogP) is 1.79. The van der Waals surface area contributed by atoms with E-state index in [0.717, 1.165) is 18.2 Å². The summed E-state index contributed by atoms with van der Waals surface area (Å²) in [5, 5.41) is 7.94. The van der Waals surface area contributed by atoms with Gasteiger partial charge in [0.1, 0.15) is 0 Å². The minimum atomic E-state index is 0.365. The fourth-order valence-electron chi connectivity index (χ4n) is 0.329. The van der Waals surface area contributed by atoms with Crippen LogP contribution in [0.1, 0.15) is 12.8 Å². The van der Waals surface area contributed by atoms with Crippen LogP contribution in [-0.2, 0) is 4.74 Å². The van der Waals surface area contributed by atoms with Crippen molar-refractivity contribution in [3.63, 3.8) is 0 Å². The van der Waals surface area contributed by atoms with Crippen molar-refractivity contribution in [1.29, 1.82) is 5.41 Å². The molecule has 0 aliphatic carbocycles. The summed E-state index contributed by atoms with van der Waals surface area (Å²) in [7, 11) is 1.52. The quantitative estimate of drug-likeness (QED) is 0.400. The van der Waals surface area contributed by atoms with Gasteiger partial charge in [-0.3, -0.25) is 5.41 Å². The van der Waals surface area contributed by atoms with Crippen LogP contribution < -0.4 is 0 Å². The number of hydrogen-bond acceptors (Lipinski definition) is 2. The molecule has 0 aromatic heterocycles. The van der Waals surface area contributed by atoms with E-state index in [9.17, 15) is 0 Å². The molecule has 0 atom stereocenters. The zero-order valence-electron chi connectivity index (χ0n) is 4.91. The maximum absolute atomic E-state index is 7.00. The summed E-state index contributed by atoms with van der Waals surface area (Å²) >= 11 is 3.25. The van der Waals surface area contributed by atoms with E-state index < -0.39 is 0 Å². The van der Waals surface area contributed by atoms with Gasteiger partial charge >= 0.3 is 0 Å². The maximum Gasteiger partial charge on any atom is 0.180 e. The summed E-state index contributed by atoms with van der Waals surface area (Å²) < 4.78 is 4.61. The predicted molar refractivity (Wildman–Crippen MR) is 37.8 cm³/mol.